The lowest BCUT2D eigenvalue weighted by molar-refractivity contribution is -0.117. The minimum absolute atomic E-state index is 0.169. The molecule has 0 unspecified atom stereocenters. The minimum Gasteiger partial charge on any atom is -0.378 e. The molecule has 0 bridgehead atoms. The van der Waals surface area contributed by atoms with E-state index in [1.54, 1.807) is 0 Å². The van der Waals surface area contributed by atoms with Gasteiger partial charge in [-0.3, -0.25) is 9.59 Å². The van der Waals surface area contributed by atoms with Crippen LogP contribution in [0, 0.1) is 0 Å². The van der Waals surface area contributed by atoms with Crippen molar-refractivity contribution in [2.75, 3.05) is 16.8 Å². The van der Waals surface area contributed by atoms with Crippen LogP contribution in [0.15, 0.2) is 58.7 Å². The zero-order valence-electron chi connectivity index (χ0n) is 16.5. The maximum Gasteiger partial charge on any atom is 0.260 e. The van der Waals surface area contributed by atoms with E-state index < -0.39 is 0 Å². The molecule has 2 aromatic heterocycles. The van der Waals surface area contributed by atoms with Gasteiger partial charge in [0, 0.05) is 45.9 Å². The number of benzene rings is 2. The van der Waals surface area contributed by atoms with Crippen molar-refractivity contribution in [3.63, 3.8) is 0 Å². The zero-order chi connectivity index (χ0) is 21.4. The number of thiophene rings is 1. The van der Waals surface area contributed by atoms with Crippen LogP contribution in [0.25, 0.3) is 21.3 Å². The number of aromatic nitrogens is 2. The van der Waals surface area contributed by atoms with Gasteiger partial charge in [0.15, 0.2) is 0 Å². The summed E-state index contributed by atoms with van der Waals surface area (Å²) in [6, 6.07) is 15.2. The standard InChI is InChI=1S/C23H19ClN4O2S/c24-18-5-2-1-4-16(18)17-13-31-23-21(17)22(30)26-19(27-23)12-25-14-7-9-15(10-8-14)28-11-3-6-20(28)29/h1-2,4-5,7-10,13,25H,3,6,11-12H2,(H,26,27,30). The Morgan fingerprint density at radius 2 is 1.90 bits per heavy atom. The fourth-order valence-corrected chi connectivity index (χ4v) is 5.02. The summed E-state index contributed by atoms with van der Waals surface area (Å²) < 4.78 is 0. The summed E-state index contributed by atoms with van der Waals surface area (Å²) in [4.78, 5) is 34.7. The second kappa shape index (κ2) is 8.17. The molecule has 0 aliphatic carbocycles. The molecule has 0 saturated carbocycles. The summed E-state index contributed by atoms with van der Waals surface area (Å²) in [7, 11) is 0. The summed E-state index contributed by atoms with van der Waals surface area (Å²) in [5.74, 6) is 0.728. The van der Waals surface area contributed by atoms with E-state index in [0.29, 0.717) is 34.0 Å². The molecule has 2 N–H and O–H groups in total. The van der Waals surface area contributed by atoms with Gasteiger partial charge in [0.25, 0.3) is 5.56 Å². The van der Waals surface area contributed by atoms with Gasteiger partial charge < -0.3 is 15.2 Å². The summed E-state index contributed by atoms with van der Waals surface area (Å²) in [5, 5.41) is 6.36. The minimum atomic E-state index is -0.180. The maximum absolute atomic E-state index is 12.8. The first-order valence-corrected chi connectivity index (χ1v) is 11.3. The first kappa shape index (κ1) is 19.8. The number of aromatic amines is 1. The Morgan fingerprint density at radius 3 is 2.65 bits per heavy atom. The number of nitrogens with one attached hydrogen (secondary N) is 2. The number of carbonyl (C=O) groups is 1. The quantitative estimate of drug-likeness (QED) is 0.446. The van der Waals surface area contributed by atoms with Crippen LogP contribution in [-0.2, 0) is 11.3 Å². The first-order chi connectivity index (χ1) is 15.1. The molecule has 0 atom stereocenters. The van der Waals surface area contributed by atoms with Gasteiger partial charge in [-0.05, 0) is 36.8 Å². The third kappa shape index (κ3) is 3.82. The molecule has 156 valence electrons. The Kier molecular flexibility index (Phi) is 5.21. The molecule has 3 heterocycles. The Hall–Kier alpha value is -3.16. The van der Waals surface area contributed by atoms with Crippen LogP contribution in [0.5, 0.6) is 0 Å². The highest BCUT2D eigenvalue weighted by molar-refractivity contribution is 7.17. The van der Waals surface area contributed by atoms with Crippen molar-refractivity contribution in [3.05, 3.63) is 75.1 Å². The van der Waals surface area contributed by atoms with Gasteiger partial charge in [-0.25, -0.2) is 4.98 Å². The molecule has 4 aromatic rings. The smallest absolute Gasteiger partial charge is 0.260 e. The Morgan fingerprint density at radius 1 is 1.10 bits per heavy atom. The summed E-state index contributed by atoms with van der Waals surface area (Å²) in [5.41, 5.74) is 3.24. The number of carbonyl (C=O) groups excluding carboxylic acids is 1. The van der Waals surface area contributed by atoms with E-state index in [4.69, 9.17) is 11.6 Å². The van der Waals surface area contributed by atoms with Gasteiger partial charge in [0.1, 0.15) is 10.7 Å². The Labute approximate surface area is 187 Å². The van der Waals surface area contributed by atoms with Crippen molar-refractivity contribution in [3.8, 4) is 11.1 Å². The summed E-state index contributed by atoms with van der Waals surface area (Å²) in [6.07, 6.45) is 1.52. The second-order valence-corrected chi connectivity index (χ2v) is 8.64. The van der Waals surface area contributed by atoms with Crippen LogP contribution in [0.3, 0.4) is 0 Å². The van der Waals surface area contributed by atoms with Crippen LogP contribution in [-0.4, -0.2) is 22.4 Å². The molecule has 1 aliphatic rings. The highest BCUT2D eigenvalue weighted by Crippen LogP contribution is 2.34. The van der Waals surface area contributed by atoms with Crippen LogP contribution in [0.1, 0.15) is 18.7 Å². The summed E-state index contributed by atoms with van der Waals surface area (Å²) >= 11 is 7.75. The average molecular weight is 451 g/mol. The van der Waals surface area contributed by atoms with Gasteiger partial charge in [-0.15, -0.1) is 11.3 Å². The van der Waals surface area contributed by atoms with Gasteiger partial charge in [-0.2, -0.15) is 0 Å². The highest BCUT2D eigenvalue weighted by atomic mass is 35.5. The van der Waals surface area contributed by atoms with Gasteiger partial charge in [-0.1, -0.05) is 29.8 Å². The molecule has 1 fully saturated rings. The van der Waals surface area contributed by atoms with E-state index in [0.717, 1.165) is 35.5 Å². The predicted octanol–water partition coefficient (Wildman–Crippen LogP) is 5.04. The Balaban J connectivity index is 1.35. The number of nitrogens with zero attached hydrogens (tertiary/aromatic N) is 2. The molecular weight excluding hydrogens is 432 g/mol. The second-order valence-electron chi connectivity index (χ2n) is 7.37. The average Bonchev–Trinajstić information content (AvgIpc) is 3.39. The molecule has 31 heavy (non-hydrogen) atoms. The number of anilines is 2. The van der Waals surface area contributed by atoms with Gasteiger partial charge >= 0.3 is 0 Å². The number of H-pyrrole nitrogens is 1. The van der Waals surface area contributed by atoms with Crippen LogP contribution < -0.4 is 15.8 Å². The van der Waals surface area contributed by atoms with Crippen molar-refractivity contribution in [2.24, 2.45) is 0 Å². The number of rotatable bonds is 5. The fourth-order valence-electron chi connectivity index (χ4n) is 3.82. The number of halogens is 1. The van der Waals surface area contributed by atoms with Crippen LogP contribution in [0.2, 0.25) is 5.02 Å². The van der Waals surface area contributed by atoms with E-state index in [-0.39, 0.29) is 11.5 Å². The molecule has 8 heteroatoms. The number of amides is 1. The highest BCUT2D eigenvalue weighted by Gasteiger charge is 2.21. The molecular formula is C23H19ClN4O2S. The first-order valence-electron chi connectivity index (χ1n) is 10.00. The molecule has 2 aromatic carbocycles. The van der Waals surface area contributed by atoms with Gasteiger partial charge in [0.2, 0.25) is 5.91 Å². The predicted molar refractivity (Wildman–Crippen MR) is 126 cm³/mol. The van der Waals surface area contributed by atoms with Crippen molar-refractivity contribution in [1.82, 2.24) is 9.97 Å². The number of fused-ring (bicyclic) bond motifs is 1. The van der Waals surface area contributed by atoms with Crippen LogP contribution >= 0.6 is 22.9 Å². The monoisotopic (exact) mass is 450 g/mol. The lowest BCUT2D eigenvalue weighted by atomic mass is 10.1. The number of hydrogen-bond donors (Lipinski definition) is 2. The van der Waals surface area contributed by atoms with Crippen molar-refractivity contribution in [2.45, 2.75) is 19.4 Å². The fraction of sp³-hybridized carbons (Fsp3) is 0.174. The van der Waals surface area contributed by atoms with Crippen molar-refractivity contribution < 1.29 is 4.79 Å². The Bertz CT molecular complexity index is 1330. The van der Waals surface area contributed by atoms with Crippen molar-refractivity contribution >= 4 is 50.4 Å². The topological polar surface area (TPSA) is 78.1 Å². The van der Waals surface area contributed by atoms with E-state index in [1.807, 2.05) is 58.8 Å². The summed E-state index contributed by atoms with van der Waals surface area (Å²) in [6.45, 7) is 1.15. The SMILES string of the molecule is O=C1CCCN1c1ccc(NCc2nc3scc(-c4ccccc4Cl)c3c(=O)[nH]2)cc1. The van der Waals surface area contributed by atoms with E-state index in [9.17, 15) is 9.59 Å². The lowest BCUT2D eigenvalue weighted by Crippen LogP contribution is -2.23. The molecule has 5 rings (SSSR count). The van der Waals surface area contributed by atoms with Crippen LogP contribution in [0.4, 0.5) is 11.4 Å². The lowest BCUT2D eigenvalue weighted by Gasteiger charge is -2.16. The van der Waals surface area contributed by atoms with E-state index in [1.165, 1.54) is 11.3 Å². The van der Waals surface area contributed by atoms with Crippen molar-refractivity contribution in [1.29, 1.82) is 0 Å². The third-order valence-corrected chi connectivity index (χ3v) is 6.57. The van der Waals surface area contributed by atoms with Gasteiger partial charge in [0.05, 0.1) is 11.9 Å². The zero-order valence-corrected chi connectivity index (χ0v) is 18.1. The normalized spacial score (nSPS) is 13.8. The molecule has 1 saturated heterocycles. The largest absolute Gasteiger partial charge is 0.378 e. The number of hydrogen-bond acceptors (Lipinski definition) is 5. The third-order valence-electron chi connectivity index (χ3n) is 5.37. The molecule has 1 amide bonds. The van der Waals surface area contributed by atoms with E-state index in [2.05, 4.69) is 15.3 Å². The molecule has 0 spiro atoms. The maximum atomic E-state index is 12.8. The molecule has 0 radical (unpaired) electrons. The molecule has 1 aliphatic heterocycles. The van der Waals surface area contributed by atoms with E-state index >= 15 is 0 Å². The molecule has 6 nitrogen and oxygen atoms in total.